The van der Waals surface area contributed by atoms with Gasteiger partial charge in [0, 0.05) is 5.92 Å². The number of hydrogen-bond acceptors (Lipinski definition) is 5. The molecule has 3 rings (SSSR count). The normalized spacial score (nSPS) is 23.0. The molecule has 1 fully saturated rings. The summed E-state index contributed by atoms with van der Waals surface area (Å²) in [6.45, 7) is 8.29. The van der Waals surface area contributed by atoms with Gasteiger partial charge < -0.3 is 9.26 Å². The first-order chi connectivity index (χ1) is 12.1. The number of nitrogens with one attached hydrogen (secondary N) is 1. The van der Waals surface area contributed by atoms with Crippen molar-refractivity contribution in [2.45, 2.75) is 26.4 Å². The van der Waals surface area contributed by atoms with Crippen LogP contribution in [0.2, 0.25) is 0 Å². The van der Waals surface area contributed by atoms with Crippen LogP contribution in [0.15, 0.2) is 64.2 Å². The molecule has 2 aromatic heterocycles. The molecule has 130 valence electrons. The van der Waals surface area contributed by atoms with Gasteiger partial charge >= 0.3 is 0 Å². The van der Waals surface area contributed by atoms with E-state index in [1.54, 1.807) is 6.20 Å². The first kappa shape index (κ1) is 17.0. The zero-order valence-corrected chi connectivity index (χ0v) is 14.3. The van der Waals surface area contributed by atoms with Gasteiger partial charge in [0.05, 0.1) is 18.5 Å². The van der Waals surface area contributed by atoms with Crippen LogP contribution in [0.4, 0.5) is 0 Å². The molecule has 0 spiro atoms. The predicted octanol–water partition coefficient (Wildman–Crippen LogP) is 3.52. The van der Waals surface area contributed by atoms with Crippen LogP contribution in [0.3, 0.4) is 0 Å². The molecule has 6 nitrogen and oxygen atoms in total. The van der Waals surface area contributed by atoms with Crippen molar-refractivity contribution in [2.75, 3.05) is 0 Å². The highest BCUT2D eigenvalue weighted by molar-refractivity contribution is 5.49. The molecule has 0 bridgehead atoms. The summed E-state index contributed by atoms with van der Waals surface area (Å²) in [7, 11) is 0. The molecule has 2 heterocycles. The highest BCUT2D eigenvalue weighted by Gasteiger charge is 2.40. The fraction of sp³-hybridized carbons (Fsp3) is 0.316. The van der Waals surface area contributed by atoms with Crippen molar-refractivity contribution in [1.29, 1.82) is 0 Å². The fourth-order valence-electron chi connectivity index (χ4n) is 2.87. The molecule has 1 aliphatic rings. The van der Waals surface area contributed by atoms with Gasteiger partial charge in [0.2, 0.25) is 5.88 Å². The van der Waals surface area contributed by atoms with E-state index < -0.39 is 0 Å². The average molecular weight is 339 g/mol. The monoisotopic (exact) mass is 339 g/mol. The number of hydrogen-bond donors (Lipinski definition) is 1. The molecule has 25 heavy (non-hydrogen) atoms. The molecule has 3 atom stereocenters. The number of rotatable bonds is 6. The minimum Gasteiger partial charge on any atom is -0.473 e. The van der Waals surface area contributed by atoms with Gasteiger partial charge in [-0.25, -0.2) is 9.97 Å². The van der Waals surface area contributed by atoms with E-state index in [0.717, 1.165) is 12.0 Å². The Balaban J connectivity index is 1.57. The molecule has 0 aromatic carbocycles. The molecule has 0 saturated heterocycles. The van der Waals surface area contributed by atoms with Crippen molar-refractivity contribution in [2.24, 2.45) is 11.8 Å². The number of H-pyrrole nitrogens is 1. The summed E-state index contributed by atoms with van der Waals surface area (Å²) >= 11 is 0. The van der Waals surface area contributed by atoms with Crippen molar-refractivity contribution < 1.29 is 9.26 Å². The lowest BCUT2D eigenvalue weighted by Crippen LogP contribution is -2.44. The van der Waals surface area contributed by atoms with E-state index in [4.69, 9.17) is 9.26 Å². The Bertz CT molecular complexity index is 845. The number of aromatic amines is 1. The number of aromatic nitrogens is 3. The molecule has 1 unspecified atom stereocenters. The SMILES string of the molecule is C=C(/C=C\C=C/C)[C@@H]1C[C@H](Oc2cnc(-c3cc(=O)[nH]o3)cn2)C1C. The molecular weight excluding hydrogens is 318 g/mol. The van der Waals surface area contributed by atoms with E-state index in [9.17, 15) is 4.79 Å². The van der Waals surface area contributed by atoms with Crippen LogP contribution in [0.5, 0.6) is 5.88 Å². The summed E-state index contributed by atoms with van der Waals surface area (Å²) in [5.74, 6) is 1.61. The second-order valence-corrected chi connectivity index (χ2v) is 6.13. The summed E-state index contributed by atoms with van der Waals surface area (Å²) < 4.78 is 10.9. The lowest BCUT2D eigenvalue weighted by Gasteiger charge is -2.42. The van der Waals surface area contributed by atoms with Crippen LogP contribution < -0.4 is 10.3 Å². The van der Waals surface area contributed by atoms with Crippen LogP contribution in [0, 0.1) is 11.8 Å². The van der Waals surface area contributed by atoms with Gasteiger partial charge in [-0.3, -0.25) is 4.79 Å². The molecule has 0 radical (unpaired) electrons. The van der Waals surface area contributed by atoms with Crippen LogP contribution in [-0.2, 0) is 0 Å². The topological polar surface area (TPSA) is 81.0 Å². The largest absolute Gasteiger partial charge is 0.473 e. The first-order valence-corrected chi connectivity index (χ1v) is 8.24. The van der Waals surface area contributed by atoms with E-state index in [1.165, 1.54) is 12.3 Å². The average Bonchev–Trinajstić information content (AvgIpc) is 3.05. The quantitative estimate of drug-likeness (QED) is 0.815. The van der Waals surface area contributed by atoms with Crippen molar-refractivity contribution >= 4 is 0 Å². The van der Waals surface area contributed by atoms with Crippen LogP contribution >= 0.6 is 0 Å². The Morgan fingerprint density at radius 2 is 2.24 bits per heavy atom. The Labute approximate surface area is 145 Å². The molecule has 2 aromatic rings. The minimum absolute atomic E-state index is 0.0993. The zero-order valence-electron chi connectivity index (χ0n) is 14.3. The molecular formula is C19H21N3O3. The Hall–Kier alpha value is -2.89. The highest BCUT2D eigenvalue weighted by Crippen LogP contribution is 2.41. The maximum absolute atomic E-state index is 11.1. The zero-order chi connectivity index (χ0) is 17.8. The van der Waals surface area contributed by atoms with Crippen molar-refractivity contribution in [3.8, 4) is 17.3 Å². The van der Waals surface area contributed by atoms with Crippen molar-refractivity contribution in [3.05, 3.63) is 65.3 Å². The maximum atomic E-state index is 11.1. The van der Waals surface area contributed by atoms with Gasteiger partial charge in [-0.1, -0.05) is 43.4 Å². The third kappa shape index (κ3) is 3.79. The number of nitrogens with zero attached hydrogens (tertiary/aromatic N) is 2. The smallest absolute Gasteiger partial charge is 0.280 e. The lowest BCUT2D eigenvalue weighted by molar-refractivity contribution is 0.0121. The molecule has 1 aliphatic carbocycles. The van der Waals surface area contributed by atoms with Crippen molar-refractivity contribution in [3.63, 3.8) is 0 Å². The molecule has 6 heteroatoms. The van der Waals surface area contributed by atoms with Crippen LogP contribution in [0.1, 0.15) is 20.3 Å². The Kier molecular flexibility index (Phi) is 4.97. The van der Waals surface area contributed by atoms with E-state index in [-0.39, 0.29) is 11.7 Å². The number of allylic oxidation sites excluding steroid dienone is 5. The first-order valence-electron chi connectivity index (χ1n) is 8.24. The minimum atomic E-state index is -0.310. The van der Waals surface area contributed by atoms with E-state index in [2.05, 4.69) is 34.7 Å². The van der Waals surface area contributed by atoms with E-state index in [0.29, 0.717) is 29.2 Å². The standard InChI is InChI=1S/C19H21N3O3/c1-4-5-6-7-12(2)14-8-16(13(14)3)24-19-11-20-15(10-21-19)17-9-18(23)22-25-17/h4-7,9-11,13-14,16H,2,8H2,1,3H3,(H,22,23)/b5-4-,7-6-/t13?,14-,16-/m0/s1. The summed E-state index contributed by atoms with van der Waals surface area (Å²) in [4.78, 5) is 19.6. The molecule has 1 saturated carbocycles. The second-order valence-electron chi connectivity index (χ2n) is 6.13. The van der Waals surface area contributed by atoms with Gasteiger partial charge in [-0.2, -0.15) is 5.16 Å². The van der Waals surface area contributed by atoms with Gasteiger partial charge in [0.15, 0.2) is 5.76 Å². The summed E-state index contributed by atoms with van der Waals surface area (Å²) in [5, 5.41) is 2.22. The van der Waals surface area contributed by atoms with Crippen molar-refractivity contribution in [1.82, 2.24) is 15.1 Å². The molecule has 1 N–H and O–H groups in total. The molecule has 0 amide bonds. The van der Waals surface area contributed by atoms with Crippen LogP contribution in [0.25, 0.3) is 11.5 Å². The summed E-state index contributed by atoms with van der Waals surface area (Å²) in [6, 6.07) is 1.33. The number of ether oxygens (including phenoxy) is 1. The third-order valence-electron chi connectivity index (χ3n) is 4.47. The Morgan fingerprint density at radius 1 is 1.40 bits per heavy atom. The van der Waals surface area contributed by atoms with Crippen LogP contribution in [-0.4, -0.2) is 21.2 Å². The predicted molar refractivity (Wildman–Crippen MR) is 95.1 cm³/mol. The van der Waals surface area contributed by atoms with Gasteiger partial charge in [0.25, 0.3) is 5.56 Å². The van der Waals surface area contributed by atoms with Gasteiger partial charge in [0.1, 0.15) is 11.8 Å². The van der Waals surface area contributed by atoms with E-state index >= 15 is 0 Å². The fourth-order valence-corrected chi connectivity index (χ4v) is 2.87. The third-order valence-corrected chi connectivity index (χ3v) is 4.47. The maximum Gasteiger partial charge on any atom is 0.280 e. The van der Waals surface area contributed by atoms with E-state index in [1.807, 2.05) is 25.2 Å². The van der Waals surface area contributed by atoms with Gasteiger partial charge in [-0.05, 0) is 19.3 Å². The summed E-state index contributed by atoms with van der Waals surface area (Å²) in [5.41, 5.74) is 1.29. The molecule has 0 aliphatic heterocycles. The van der Waals surface area contributed by atoms with Gasteiger partial charge in [-0.15, -0.1) is 0 Å². The summed E-state index contributed by atoms with van der Waals surface area (Å²) in [6.07, 6.45) is 12.1. The highest BCUT2D eigenvalue weighted by atomic mass is 16.5. The lowest BCUT2D eigenvalue weighted by atomic mass is 9.68. The Morgan fingerprint density at radius 3 is 2.84 bits per heavy atom. The second kappa shape index (κ2) is 7.34.